The van der Waals surface area contributed by atoms with Gasteiger partial charge in [0, 0.05) is 18.5 Å². The molecule has 2 aromatic rings. The summed E-state index contributed by atoms with van der Waals surface area (Å²) in [5.41, 5.74) is 1.01. The molecule has 0 spiro atoms. The van der Waals surface area contributed by atoms with Gasteiger partial charge in [-0.2, -0.15) is 0 Å². The minimum atomic E-state index is 0.716. The van der Waals surface area contributed by atoms with Crippen molar-refractivity contribution in [1.82, 2.24) is 9.55 Å². The average molecular weight is 218 g/mol. The Labute approximate surface area is 94.4 Å². The van der Waals surface area contributed by atoms with Crippen molar-refractivity contribution < 1.29 is 9.47 Å². The standard InChI is InChI=1S/C12H14N2O2/c1-9-13-6-7-14(9)10-4-5-11(15-2)12(8-10)16-3/h4-8H,1-3H3. The van der Waals surface area contributed by atoms with Crippen LogP contribution in [0.5, 0.6) is 11.5 Å². The van der Waals surface area contributed by atoms with Gasteiger partial charge < -0.3 is 14.0 Å². The van der Waals surface area contributed by atoms with Crippen LogP contribution < -0.4 is 9.47 Å². The number of methoxy groups -OCH3 is 2. The number of aryl methyl sites for hydroxylation is 1. The summed E-state index contributed by atoms with van der Waals surface area (Å²) < 4.78 is 12.4. The molecule has 0 radical (unpaired) electrons. The van der Waals surface area contributed by atoms with E-state index in [4.69, 9.17) is 9.47 Å². The highest BCUT2D eigenvalue weighted by molar-refractivity contribution is 5.49. The molecule has 0 atom stereocenters. The van der Waals surface area contributed by atoms with E-state index in [1.54, 1.807) is 20.4 Å². The van der Waals surface area contributed by atoms with E-state index in [0.717, 1.165) is 17.3 Å². The molecule has 0 bridgehead atoms. The topological polar surface area (TPSA) is 36.3 Å². The lowest BCUT2D eigenvalue weighted by Crippen LogP contribution is -1.97. The maximum absolute atomic E-state index is 5.26. The van der Waals surface area contributed by atoms with Crippen molar-refractivity contribution in [2.45, 2.75) is 6.92 Å². The molecule has 0 saturated heterocycles. The first-order valence-corrected chi connectivity index (χ1v) is 4.98. The Kier molecular flexibility index (Phi) is 2.81. The predicted octanol–water partition coefficient (Wildman–Crippen LogP) is 2.20. The van der Waals surface area contributed by atoms with Gasteiger partial charge in [0.05, 0.1) is 19.9 Å². The number of aromatic nitrogens is 2. The summed E-state index contributed by atoms with van der Waals surface area (Å²) in [5.74, 6) is 2.38. The van der Waals surface area contributed by atoms with Crippen LogP contribution in [-0.4, -0.2) is 23.8 Å². The molecule has 0 amide bonds. The molecule has 0 aliphatic rings. The summed E-state index contributed by atoms with van der Waals surface area (Å²) in [6.45, 7) is 1.96. The molecule has 2 rings (SSSR count). The predicted molar refractivity (Wildman–Crippen MR) is 61.4 cm³/mol. The van der Waals surface area contributed by atoms with Gasteiger partial charge in [-0.05, 0) is 19.1 Å². The van der Waals surface area contributed by atoms with E-state index < -0.39 is 0 Å². The number of imidazole rings is 1. The van der Waals surface area contributed by atoms with Crippen LogP contribution >= 0.6 is 0 Å². The van der Waals surface area contributed by atoms with Crippen LogP contribution in [0.25, 0.3) is 5.69 Å². The van der Waals surface area contributed by atoms with E-state index in [-0.39, 0.29) is 0 Å². The third-order valence-corrected chi connectivity index (χ3v) is 2.47. The van der Waals surface area contributed by atoms with Crippen molar-refractivity contribution in [1.29, 1.82) is 0 Å². The molecular weight excluding hydrogens is 204 g/mol. The van der Waals surface area contributed by atoms with Gasteiger partial charge in [-0.25, -0.2) is 4.98 Å². The maximum atomic E-state index is 5.26. The van der Waals surface area contributed by atoms with Crippen LogP contribution in [0.4, 0.5) is 0 Å². The Morgan fingerprint density at radius 3 is 2.44 bits per heavy atom. The van der Waals surface area contributed by atoms with E-state index in [2.05, 4.69) is 4.98 Å². The third-order valence-electron chi connectivity index (χ3n) is 2.47. The van der Waals surface area contributed by atoms with Crippen molar-refractivity contribution in [3.63, 3.8) is 0 Å². The molecule has 1 aromatic carbocycles. The molecule has 4 nitrogen and oxygen atoms in total. The molecule has 0 N–H and O–H groups in total. The molecule has 0 fully saturated rings. The zero-order chi connectivity index (χ0) is 11.5. The van der Waals surface area contributed by atoms with E-state index in [0.29, 0.717) is 5.75 Å². The van der Waals surface area contributed by atoms with E-state index in [9.17, 15) is 0 Å². The summed E-state index contributed by atoms with van der Waals surface area (Å²) in [6.07, 6.45) is 3.68. The van der Waals surface area contributed by atoms with Crippen LogP contribution in [0.1, 0.15) is 5.82 Å². The summed E-state index contributed by atoms with van der Waals surface area (Å²) in [7, 11) is 3.25. The minimum absolute atomic E-state index is 0.716. The highest BCUT2D eigenvalue weighted by Crippen LogP contribution is 2.29. The van der Waals surface area contributed by atoms with E-state index in [1.807, 2.05) is 35.9 Å². The van der Waals surface area contributed by atoms with Crippen LogP contribution in [0, 0.1) is 6.92 Å². The Hall–Kier alpha value is -1.97. The molecule has 0 unspecified atom stereocenters. The molecular formula is C12H14N2O2. The SMILES string of the molecule is COc1ccc(-n2ccnc2C)cc1OC. The number of hydrogen-bond acceptors (Lipinski definition) is 3. The van der Waals surface area contributed by atoms with Gasteiger partial charge in [0.1, 0.15) is 5.82 Å². The first-order valence-electron chi connectivity index (χ1n) is 4.98. The zero-order valence-corrected chi connectivity index (χ0v) is 9.60. The van der Waals surface area contributed by atoms with Gasteiger partial charge in [0.2, 0.25) is 0 Å². The van der Waals surface area contributed by atoms with Crippen LogP contribution in [0.15, 0.2) is 30.6 Å². The van der Waals surface area contributed by atoms with Crippen molar-refractivity contribution >= 4 is 0 Å². The van der Waals surface area contributed by atoms with Crippen molar-refractivity contribution in [2.24, 2.45) is 0 Å². The lowest BCUT2D eigenvalue weighted by Gasteiger charge is -2.10. The third kappa shape index (κ3) is 1.74. The van der Waals surface area contributed by atoms with Gasteiger partial charge in [-0.1, -0.05) is 0 Å². The Balaban J connectivity index is 2.48. The molecule has 4 heteroatoms. The second-order valence-electron chi connectivity index (χ2n) is 3.38. The Morgan fingerprint density at radius 2 is 1.88 bits per heavy atom. The van der Waals surface area contributed by atoms with Gasteiger partial charge in [-0.3, -0.25) is 0 Å². The fourth-order valence-corrected chi connectivity index (χ4v) is 1.63. The second kappa shape index (κ2) is 4.26. The molecule has 84 valence electrons. The summed E-state index contributed by atoms with van der Waals surface area (Å²) in [5, 5.41) is 0. The highest BCUT2D eigenvalue weighted by Gasteiger charge is 2.06. The van der Waals surface area contributed by atoms with Crippen LogP contribution in [-0.2, 0) is 0 Å². The van der Waals surface area contributed by atoms with Gasteiger partial charge in [0.25, 0.3) is 0 Å². The van der Waals surface area contributed by atoms with Gasteiger partial charge in [-0.15, -0.1) is 0 Å². The number of nitrogens with zero attached hydrogens (tertiary/aromatic N) is 2. The van der Waals surface area contributed by atoms with Gasteiger partial charge >= 0.3 is 0 Å². The highest BCUT2D eigenvalue weighted by atomic mass is 16.5. The van der Waals surface area contributed by atoms with Crippen molar-refractivity contribution in [3.8, 4) is 17.2 Å². The van der Waals surface area contributed by atoms with Crippen LogP contribution in [0.2, 0.25) is 0 Å². The minimum Gasteiger partial charge on any atom is -0.493 e. The normalized spacial score (nSPS) is 10.2. The molecule has 0 aliphatic heterocycles. The number of benzene rings is 1. The van der Waals surface area contributed by atoms with Crippen molar-refractivity contribution in [3.05, 3.63) is 36.4 Å². The summed E-state index contributed by atoms with van der Waals surface area (Å²) in [6, 6.07) is 5.77. The van der Waals surface area contributed by atoms with E-state index >= 15 is 0 Å². The fraction of sp³-hybridized carbons (Fsp3) is 0.250. The Bertz CT molecular complexity index is 492. The lowest BCUT2D eigenvalue weighted by molar-refractivity contribution is 0.355. The van der Waals surface area contributed by atoms with Crippen molar-refractivity contribution in [2.75, 3.05) is 14.2 Å². The number of rotatable bonds is 3. The summed E-state index contributed by atoms with van der Waals surface area (Å²) >= 11 is 0. The Morgan fingerprint density at radius 1 is 1.12 bits per heavy atom. The molecule has 1 heterocycles. The monoisotopic (exact) mass is 218 g/mol. The lowest BCUT2D eigenvalue weighted by atomic mass is 10.2. The molecule has 1 aromatic heterocycles. The largest absolute Gasteiger partial charge is 0.493 e. The second-order valence-corrected chi connectivity index (χ2v) is 3.38. The molecule has 0 saturated carbocycles. The first kappa shape index (κ1) is 10.5. The van der Waals surface area contributed by atoms with Crippen LogP contribution in [0.3, 0.4) is 0 Å². The fourth-order valence-electron chi connectivity index (χ4n) is 1.63. The molecule has 16 heavy (non-hydrogen) atoms. The number of hydrogen-bond donors (Lipinski definition) is 0. The smallest absolute Gasteiger partial charge is 0.162 e. The zero-order valence-electron chi connectivity index (χ0n) is 9.60. The average Bonchev–Trinajstić information content (AvgIpc) is 2.74. The molecule has 0 aliphatic carbocycles. The first-order chi connectivity index (χ1) is 7.76. The maximum Gasteiger partial charge on any atom is 0.162 e. The quantitative estimate of drug-likeness (QED) is 0.792. The van der Waals surface area contributed by atoms with E-state index in [1.165, 1.54) is 0 Å². The number of ether oxygens (including phenoxy) is 2. The van der Waals surface area contributed by atoms with Gasteiger partial charge in [0.15, 0.2) is 11.5 Å². The summed E-state index contributed by atoms with van der Waals surface area (Å²) in [4.78, 5) is 4.18.